The van der Waals surface area contributed by atoms with Crippen LogP contribution in [0.25, 0.3) is 0 Å². The fourth-order valence-corrected chi connectivity index (χ4v) is 1.84. The highest BCUT2D eigenvalue weighted by atomic mass is 16.3. The molecule has 0 aliphatic carbocycles. The Bertz CT molecular complexity index is 508. The average Bonchev–Trinajstić information content (AvgIpc) is 2.90. The van der Waals surface area contributed by atoms with E-state index in [1.165, 1.54) is 12.3 Å². The lowest BCUT2D eigenvalue weighted by molar-refractivity contribution is -0.140. The second-order valence-electron chi connectivity index (χ2n) is 4.20. The summed E-state index contributed by atoms with van der Waals surface area (Å²) >= 11 is 0. The maximum atomic E-state index is 11.7. The number of hydrogen-bond acceptors (Lipinski definition) is 5. The van der Waals surface area contributed by atoms with Gasteiger partial charge in [-0.15, -0.1) is 0 Å². The minimum Gasteiger partial charge on any atom is -0.467 e. The standard InChI is InChI=1S/C11H13N3O4/c1-6-2-9(15)14(11(6)17)4-8-3-7(5-18-8)10(16)13-12/h3,5-6H,2,4,12H2,1H3,(H,13,16). The first-order valence-corrected chi connectivity index (χ1v) is 5.45. The molecular formula is C11H13N3O4. The highest BCUT2D eigenvalue weighted by Crippen LogP contribution is 2.21. The molecule has 2 rings (SSSR count). The van der Waals surface area contributed by atoms with Crippen molar-refractivity contribution in [3.63, 3.8) is 0 Å². The summed E-state index contributed by atoms with van der Waals surface area (Å²) in [4.78, 5) is 35.6. The predicted octanol–water partition coefficient (Wildman–Crippen LogP) is -0.222. The molecule has 0 spiro atoms. The van der Waals surface area contributed by atoms with Gasteiger partial charge in [-0.1, -0.05) is 6.92 Å². The van der Waals surface area contributed by atoms with Crippen molar-refractivity contribution in [2.45, 2.75) is 19.9 Å². The van der Waals surface area contributed by atoms with E-state index in [4.69, 9.17) is 10.3 Å². The van der Waals surface area contributed by atoms with E-state index in [0.29, 0.717) is 5.76 Å². The third kappa shape index (κ3) is 2.12. The lowest BCUT2D eigenvalue weighted by Crippen LogP contribution is -2.30. The molecule has 0 saturated carbocycles. The third-order valence-electron chi connectivity index (χ3n) is 2.83. The van der Waals surface area contributed by atoms with E-state index in [1.807, 2.05) is 5.43 Å². The number of hydrogen-bond donors (Lipinski definition) is 2. The van der Waals surface area contributed by atoms with Crippen LogP contribution in [-0.2, 0) is 16.1 Å². The normalized spacial score (nSPS) is 19.4. The molecule has 18 heavy (non-hydrogen) atoms. The van der Waals surface area contributed by atoms with Gasteiger partial charge in [-0.25, -0.2) is 5.84 Å². The smallest absolute Gasteiger partial charge is 0.268 e. The fraction of sp³-hybridized carbons (Fsp3) is 0.364. The number of nitrogens with two attached hydrogens (primary N) is 1. The summed E-state index contributed by atoms with van der Waals surface area (Å²) in [6.07, 6.45) is 1.45. The van der Waals surface area contributed by atoms with E-state index in [1.54, 1.807) is 6.92 Å². The number of nitrogens with one attached hydrogen (secondary N) is 1. The van der Waals surface area contributed by atoms with Crippen molar-refractivity contribution in [1.82, 2.24) is 10.3 Å². The number of furan rings is 1. The molecule has 3 amide bonds. The number of amides is 3. The summed E-state index contributed by atoms with van der Waals surface area (Å²) in [6, 6.07) is 1.45. The number of carbonyl (C=O) groups excluding carboxylic acids is 3. The first-order valence-electron chi connectivity index (χ1n) is 5.45. The Labute approximate surface area is 103 Å². The summed E-state index contributed by atoms with van der Waals surface area (Å²) in [6.45, 7) is 1.75. The monoisotopic (exact) mass is 251 g/mol. The molecule has 0 bridgehead atoms. The minimum atomic E-state index is -0.488. The number of imide groups is 1. The van der Waals surface area contributed by atoms with Crippen molar-refractivity contribution >= 4 is 17.7 Å². The molecule has 3 N–H and O–H groups in total. The molecule has 0 aromatic carbocycles. The zero-order valence-corrected chi connectivity index (χ0v) is 9.80. The molecule has 1 saturated heterocycles. The van der Waals surface area contributed by atoms with Crippen molar-refractivity contribution in [2.24, 2.45) is 11.8 Å². The number of hydrazine groups is 1. The van der Waals surface area contributed by atoms with Crippen molar-refractivity contribution in [1.29, 1.82) is 0 Å². The zero-order valence-electron chi connectivity index (χ0n) is 9.80. The van der Waals surface area contributed by atoms with Gasteiger partial charge in [0.15, 0.2) is 0 Å². The molecule has 0 radical (unpaired) electrons. The largest absolute Gasteiger partial charge is 0.467 e. The number of nitrogen functional groups attached to an aromatic ring is 1. The van der Waals surface area contributed by atoms with E-state index in [0.717, 1.165) is 4.90 Å². The lowest BCUT2D eigenvalue weighted by Gasteiger charge is -2.11. The Balaban J connectivity index is 2.10. The molecule has 96 valence electrons. The van der Waals surface area contributed by atoms with E-state index in [-0.39, 0.29) is 36.3 Å². The SMILES string of the molecule is CC1CC(=O)N(Cc2cc(C(=O)NN)co2)C1=O. The van der Waals surface area contributed by atoms with Crippen LogP contribution in [0.1, 0.15) is 29.5 Å². The van der Waals surface area contributed by atoms with Crippen LogP contribution in [0.5, 0.6) is 0 Å². The summed E-state index contributed by atoms with van der Waals surface area (Å²) in [5.74, 6) is 4.11. The Morgan fingerprint density at radius 2 is 2.33 bits per heavy atom. The van der Waals surface area contributed by atoms with E-state index in [2.05, 4.69) is 0 Å². The van der Waals surface area contributed by atoms with Gasteiger partial charge in [0.1, 0.15) is 12.0 Å². The highest BCUT2D eigenvalue weighted by Gasteiger charge is 2.35. The zero-order chi connectivity index (χ0) is 13.3. The van der Waals surface area contributed by atoms with Gasteiger partial charge in [0.05, 0.1) is 12.1 Å². The van der Waals surface area contributed by atoms with E-state index >= 15 is 0 Å². The summed E-state index contributed by atoms with van der Waals surface area (Å²) in [7, 11) is 0. The van der Waals surface area contributed by atoms with Gasteiger partial charge in [-0.05, 0) is 6.07 Å². The van der Waals surface area contributed by atoms with Crippen LogP contribution in [0.3, 0.4) is 0 Å². The molecule has 1 atom stereocenters. The number of rotatable bonds is 3. The van der Waals surface area contributed by atoms with Gasteiger partial charge >= 0.3 is 0 Å². The molecule has 7 heteroatoms. The van der Waals surface area contributed by atoms with Gasteiger partial charge in [0.25, 0.3) is 5.91 Å². The van der Waals surface area contributed by atoms with Gasteiger partial charge in [0, 0.05) is 12.3 Å². The quantitative estimate of drug-likeness (QED) is 0.334. The number of carbonyl (C=O) groups is 3. The van der Waals surface area contributed by atoms with Crippen LogP contribution in [0, 0.1) is 5.92 Å². The third-order valence-corrected chi connectivity index (χ3v) is 2.83. The summed E-state index contributed by atoms with van der Waals surface area (Å²) in [5.41, 5.74) is 2.22. The van der Waals surface area contributed by atoms with Gasteiger partial charge in [0.2, 0.25) is 11.8 Å². The van der Waals surface area contributed by atoms with Crippen molar-refractivity contribution in [3.05, 3.63) is 23.7 Å². The van der Waals surface area contributed by atoms with Crippen LogP contribution in [-0.4, -0.2) is 22.6 Å². The summed E-state index contributed by atoms with van der Waals surface area (Å²) in [5, 5.41) is 0. The Hall–Kier alpha value is -2.15. The molecular weight excluding hydrogens is 238 g/mol. The van der Waals surface area contributed by atoms with E-state index in [9.17, 15) is 14.4 Å². The molecule has 2 heterocycles. The Morgan fingerprint density at radius 1 is 1.61 bits per heavy atom. The second-order valence-corrected chi connectivity index (χ2v) is 4.20. The van der Waals surface area contributed by atoms with Crippen LogP contribution in [0.15, 0.2) is 16.7 Å². The minimum absolute atomic E-state index is 0.0415. The number of likely N-dealkylation sites (tertiary alicyclic amines) is 1. The molecule has 1 aromatic rings. The molecule has 1 aliphatic rings. The van der Waals surface area contributed by atoms with Crippen LogP contribution >= 0.6 is 0 Å². The fourth-order valence-electron chi connectivity index (χ4n) is 1.84. The average molecular weight is 251 g/mol. The molecule has 7 nitrogen and oxygen atoms in total. The van der Waals surface area contributed by atoms with Gasteiger partial charge < -0.3 is 4.42 Å². The number of nitrogens with zero attached hydrogens (tertiary/aromatic N) is 1. The lowest BCUT2D eigenvalue weighted by atomic mass is 10.1. The van der Waals surface area contributed by atoms with Crippen molar-refractivity contribution in [3.8, 4) is 0 Å². The van der Waals surface area contributed by atoms with E-state index < -0.39 is 5.91 Å². The van der Waals surface area contributed by atoms with Gasteiger partial charge in [-0.2, -0.15) is 0 Å². The molecule has 1 aliphatic heterocycles. The molecule has 1 fully saturated rings. The highest BCUT2D eigenvalue weighted by molar-refractivity contribution is 6.03. The maximum Gasteiger partial charge on any atom is 0.268 e. The molecule has 1 aromatic heterocycles. The topological polar surface area (TPSA) is 106 Å². The van der Waals surface area contributed by atoms with Crippen LogP contribution in [0.2, 0.25) is 0 Å². The first kappa shape index (κ1) is 12.3. The first-order chi connectivity index (χ1) is 8.52. The van der Waals surface area contributed by atoms with Crippen LogP contribution < -0.4 is 11.3 Å². The second kappa shape index (κ2) is 4.61. The Morgan fingerprint density at radius 3 is 2.89 bits per heavy atom. The van der Waals surface area contributed by atoms with Gasteiger partial charge in [-0.3, -0.25) is 24.7 Å². The van der Waals surface area contributed by atoms with Crippen molar-refractivity contribution < 1.29 is 18.8 Å². The molecule has 1 unspecified atom stereocenters. The summed E-state index contributed by atoms with van der Waals surface area (Å²) < 4.78 is 5.12. The Kier molecular flexibility index (Phi) is 3.15. The maximum absolute atomic E-state index is 11.7. The predicted molar refractivity (Wildman–Crippen MR) is 59.7 cm³/mol. The van der Waals surface area contributed by atoms with Crippen LogP contribution in [0.4, 0.5) is 0 Å². The van der Waals surface area contributed by atoms with Crippen molar-refractivity contribution in [2.75, 3.05) is 0 Å².